The number of halogens is 4. The Morgan fingerprint density at radius 2 is 1.78 bits per heavy atom. The Hall–Kier alpha value is -4.05. The molecule has 3 heterocycles. The lowest BCUT2D eigenvalue weighted by atomic mass is 10.2. The molecule has 0 atom stereocenters. The number of ether oxygens (including phenoxy) is 3. The van der Waals surface area contributed by atoms with Crippen LogP contribution in [0.5, 0.6) is 6.01 Å². The molecule has 0 spiro atoms. The minimum absolute atomic E-state index is 0.0201. The van der Waals surface area contributed by atoms with Crippen LogP contribution >= 0.6 is 11.6 Å². The third-order valence-corrected chi connectivity index (χ3v) is 7.09. The molecule has 3 aromatic rings. The second kappa shape index (κ2) is 13.5. The number of hydrogen-bond donors (Lipinski definition) is 1. The number of fused-ring (bicyclic) bond motifs is 1. The minimum Gasteiger partial charge on any atom is -0.460 e. The summed E-state index contributed by atoms with van der Waals surface area (Å²) in [5.74, 6) is -0.614. The number of hydrogen-bond acceptors (Lipinski definition) is 9. The van der Waals surface area contributed by atoms with Crippen molar-refractivity contribution in [3.8, 4) is 6.01 Å². The van der Waals surface area contributed by atoms with Gasteiger partial charge in [0, 0.05) is 33.3 Å². The Labute approximate surface area is 261 Å². The molecule has 1 fully saturated rings. The number of carbonyl (C=O) groups is 2. The van der Waals surface area contributed by atoms with E-state index in [-0.39, 0.29) is 61.0 Å². The van der Waals surface area contributed by atoms with Crippen molar-refractivity contribution >= 4 is 40.8 Å². The van der Waals surface area contributed by atoms with Crippen LogP contribution in [-0.2, 0) is 33.4 Å². The molecule has 0 bridgehead atoms. The Morgan fingerprint density at radius 3 is 2.36 bits per heavy atom. The third-order valence-electron chi connectivity index (χ3n) is 6.78. The van der Waals surface area contributed by atoms with Gasteiger partial charge >= 0.3 is 18.3 Å². The van der Waals surface area contributed by atoms with Crippen molar-refractivity contribution in [2.75, 3.05) is 56.7 Å². The topological polar surface area (TPSA) is 133 Å². The number of aromatic nitrogens is 4. The summed E-state index contributed by atoms with van der Waals surface area (Å²) in [4.78, 5) is 47.5. The molecule has 1 aromatic carbocycles. The summed E-state index contributed by atoms with van der Waals surface area (Å²) in [5.41, 5.74) is -1.41. The fourth-order valence-electron chi connectivity index (χ4n) is 4.75. The number of methoxy groups -OCH3 is 1. The van der Waals surface area contributed by atoms with Crippen molar-refractivity contribution in [3.05, 3.63) is 44.8 Å². The van der Waals surface area contributed by atoms with Gasteiger partial charge in [-0.05, 0) is 45.4 Å². The predicted molar refractivity (Wildman–Crippen MR) is 159 cm³/mol. The fourth-order valence-corrected chi connectivity index (χ4v) is 4.98. The SMILES string of the molecule is CCc1c(N2CCN(C(=O)OC(C)(C)C)CC2)c(=O)n2nc(OCCOC)nc2n1CC(=O)Nc1ccc(C(F)(F)F)cc1Cl. The van der Waals surface area contributed by atoms with Crippen LogP contribution in [0.4, 0.5) is 29.3 Å². The van der Waals surface area contributed by atoms with Crippen molar-refractivity contribution < 1.29 is 37.0 Å². The van der Waals surface area contributed by atoms with Gasteiger partial charge in [-0.3, -0.25) is 9.59 Å². The van der Waals surface area contributed by atoms with E-state index in [1.807, 2.05) is 4.90 Å². The first-order chi connectivity index (χ1) is 21.1. The Kier molecular flexibility index (Phi) is 10.2. The number of rotatable bonds is 9. The highest BCUT2D eigenvalue weighted by atomic mass is 35.5. The average molecular weight is 658 g/mol. The molecule has 13 nitrogen and oxygen atoms in total. The zero-order valence-electron chi connectivity index (χ0n) is 25.5. The van der Waals surface area contributed by atoms with E-state index in [1.54, 1.807) is 32.6 Å². The maximum Gasteiger partial charge on any atom is 0.416 e. The second-order valence-corrected chi connectivity index (χ2v) is 11.6. The van der Waals surface area contributed by atoms with Crippen LogP contribution in [0, 0.1) is 0 Å². The minimum atomic E-state index is -4.60. The maximum absolute atomic E-state index is 13.9. The molecule has 1 saturated heterocycles. The molecule has 1 aliphatic rings. The summed E-state index contributed by atoms with van der Waals surface area (Å²) in [7, 11) is 1.49. The summed E-state index contributed by atoms with van der Waals surface area (Å²) < 4.78 is 57.8. The maximum atomic E-state index is 13.9. The quantitative estimate of drug-likeness (QED) is 0.341. The molecule has 0 radical (unpaired) electrons. The normalized spacial score (nSPS) is 14.2. The van der Waals surface area contributed by atoms with Crippen molar-refractivity contribution in [3.63, 3.8) is 0 Å². The Balaban J connectivity index is 1.69. The number of anilines is 2. The standard InChI is InChI=1S/C28H35ClF3N7O6/c1-6-20-22(36-9-11-37(12-10-36)26(42)45-27(2,3)4)23(41)39-25(34-24(35-39)44-14-13-43-5)38(20)16-21(40)33-19-8-7-17(15-18(19)29)28(30,31)32/h7-8,15H,6,9-14,16H2,1-5H3,(H,33,40). The van der Waals surface area contributed by atoms with Gasteiger partial charge in [-0.2, -0.15) is 22.7 Å². The molecule has 1 N–H and O–H groups in total. The van der Waals surface area contributed by atoms with E-state index in [4.69, 9.17) is 25.8 Å². The van der Waals surface area contributed by atoms with Gasteiger partial charge in [0.05, 0.1) is 28.6 Å². The monoisotopic (exact) mass is 657 g/mol. The Morgan fingerprint density at radius 1 is 1.09 bits per heavy atom. The van der Waals surface area contributed by atoms with Crippen LogP contribution in [-0.4, -0.2) is 88.2 Å². The molecule has 0 saturated carbocycles. The molecule has 0 aliphatic carbocycles. The van der Waals surface area contributed by atoms with Crippen LogP contribution < -0.4 is 20.5 Å². The largest absolute Gasteiger partial charge is 0.460 e. The van der Waals surface area contributed by atoms with E-state index in [2.05, 4.69) is 15.4 Å². The fraction of sp³-hybridized carbons (Fsp3) is 0.536. The third kappa shape index (κ3) is 7.97. The first kappa shape index (κ1) is 33.8. The first-order valence-corrected chi connectivity index (χ1v) is 14.5. The second-order valence-electron chi connectivity index (χ2n) is 11.2. The molecule has 2 amide bonds. The smallest absolute Gasteiger partial charge is 0.416 e. The van der Waals surface area contributed by atoms with E-state index in [0.717, 1.165) is 22.7 Å². The van der Waals surface area contributed by atoms with Crippen LogP contribution in [0.2, 0.25) is 5.02 Å². The zero-order chi connectivity index (χ0) is 33.1. The highest BCUT2D eigenvalue weighted by Gasteiger charge is 2.32. The summed E-state index contributed by atoms with van der Waals surface area (Å²) in [6.45, 7) is 8.26. The molecule has 1 aliphatic heterocycles. The molecule has 246 valence electrons. The lowest BCUT2D eigenvalue weighted by Gasteiger charge is -2.37. The van der Waals surface area contributed by atoms with E-state index >= 15 is 0 Å². The molecule has 45 heavy (non-hydrogen) atoms. The predicted octanol–water partition coefficient (Wildman–Crippen LogP) is 3.85. The molecule has 0 unspecified atom stereocenters. The van der Waals surface area contributed by atoms with Crippen molar-refractivity contribution in [1.82, 2.24) is 24.1 Å². The number of piperazine rings is 1. The molecular formula is C28H35ClF3N7O6. The highest BCUT2D eigenvalue weighted by molar-refractivity contribution is 6.33. The van der Waals surface area contributed by atoms with Crippen LogP contribution in [0.25, 0.3) is 5.78 Å². The van der Waals surface area contributed by atoms with Crippen LogP contribution in [0.15, 0.2) is 23.0 Å². The van der Waals surface area contributed by atoms with Crippen LogP contribution in [0.1, 0.15) is 39.0 Å². The summed E-state index contributed by atoms with van der Waals surface area (Å²) >= 11 is 6.06. The van der Waals surface area contributed by atoms with Gasteiger partial charge in [-0.1, -0.05) is 18.5 Å². The number of nitrogens with one attached hydrogen (secondary N) is 1. The summed E-state index contributed by atoms with van der Waals surface area (Å²) in [6, 6.07) is 2.49. The lowest BCUT2D eigenvalue weighted by Crippen LogP contribution is -2.51. The zero-order valence-corrected chi connectivity index (χ0v) is 26.3. The van der Waals surface area contributed by atoms with Gasteiger partial charge in [0.15, 0.2) is 0 Å². The first-order valence-electron chi connectivity index (χ1n) is 14.2. The van der Waals surface area contributed by atoms with Gasteiger partial charge in [0.1, 0.15) is 24.4 Å². The lowest BCUT2D eigenvalue weighted by molar-refractivity contribution is -0.137. The highest BCUT2D eigenvalue weighted by Crippen LogP contribution is 2.34. The summed E-state index contributed by atoms with van der Waals surface area (Å²) in [5, 5.41) is 6.47. The number of amides is 2. The van der Waals surface area contributed by atoms with E-state index in [9.17, 15) is 27.6 Å². The molecular weight excluding hydrogens is 623 g/mol. The number of benzene rings is 1. The van der Waals surface area contributed by atoms with E-state index in [0.29, 0.717) is 25.2 Å². The van der Waals surface area contributed by atoms with Gasteiger partial charge < -0.3 is 33.9 Å². The Bertz CT molecular complexity index is 1610. The average Bonchev–Trinajstić information content (AvgIpc) is 3.39. The van der Waals surface area contributed by atoms with Crippen LogP contribution in [0.3, 0.4) is 0 Å². The summed E-state index contributed by atoms with van der Waals surface area (Å²) in [6.07, 6.45) is -4.76. The van der Waals surface area contributed by atoms with Gasteiger partial charge in [0.25, 0.3) is 5.56 Å². The van der Waals surface area contributed by atoms with Crippen molar-refractivity contribution in [2.45, 2.75) is 52.4 Å². The number of nitrogens with zero attached hydrogens (tertiary/aromatic N) is 6. The van der Waals surface area contributed by atoms with Gasteiger partial charge in [-0.25, -0.2) is 4.79 Å². The van der Waals surface area contributed by atoms with Crippen molar-refractivity contribution in [1.29, 1.82) is 0 Å². The van der Waals surface area contributed by atoms with E-state index in [1.165, 1.54) is 11.7 Å². The number of carbonyl (C=O) groups excluding carboxylic acids is 2. The van der Waals surface area contributed by atoms with Gasteiger partial charge in [0.2, 0.25) is 11.7 Å². The van der Waals surface area contributed by atoms with Gasteiger partial charge in [-0.15, -0.1) is 5.10 Å². The van der Waals surface area contributed by atoms with E-state index < -0.39 is 34.9 Å². The van der Waals surface area contributed by atoms with Crippen molar-refractivity contribution in [2.24, 2.45) is 0 Å². The number of alkyl halides is 3. The molecule has 2 aromatic heterocycles. The molecule has 17 heteroatoms. The molecule has 4 rings (SSSR count).